The molecule has 5 heteroatoms. The van der Waals surface area contributed by atoms with Gasteiger partial charge < -0.3 is 9.88 Å². The highest BCUT2D eigenvalue weighted by Crippen LogP contribution is 2.07. The Balaban J connectivity index is 2.06. The minimum Gasteiger partial charge on any atom is -0.327 e. The predicted octanol–water partition coefficient (Wildman–Crippen LogP) is 1.55. The molecule has 0 aliphatic carbocycles. The normalized spacial score (nSPS) is 12.0. The van der Waals surface area contributed by atoms with Gasteiger partial charge in [0.2, 0.25) is 0 Å². The number of nitrogens with one attached hydrogen (secondary N) is 1. The average Bonchev–Trinajstić information content (AvgIpc) is 2.86. The van der Waals surface area contributed by atoms with E-state index in [1.54, 1.807) is 0 Å². The highest BCUT2D eigenvalue weighted by Gasteiger charge is 2.11. The summed E-state index contributed by atoms with van der Waals surface area (Å²) in [5, 5.41) is 7.66. The molecule has 0 radical (unpaired) electrons. The summed E-state index contributed by atoms with van der Waals surface area (Å²) in [4.78, 5) is 4.23. The molecule has 0 aliphatic heterocycles. The van der Waals surface area contributed by atoms with E-state index in [-0.39, 0.29) is 5.54 Å². The van der Waals surface area contributed by atoms with Gasteiger partial charge in [-0.05, 0) is 26.8 Å². The van der Waals surface area contributed by atoms with Crippen LogP contribution in [0.5, 0.6) is 0 Å². The minimum atomic E-state index is 0.113. The van der Waals surface area contributed by atoms with Crippen LogP contribution < -0.4 is 5.32 Å². The first kappa shape index (κ1) is 12.8. The molecular formula is C13H21N5. The molecule has 0 atom stereocenters. The van der Waals surface area contributed by atoms with Crippen molar-refractivity contribution in [2.45, 2.75) is 39.4 Å². The first-order chi connectivity index (χ1) is 8.46. The summed E-state index contributed by atoms with van der Waals surface area (Å²) >= 11 is 0. The molecular weight excluding hydrogens is 226 g/mol. The highest BCUT2D eigenvalue weighted by atomic mass is 15.3. The van der Waals surface area contributed by atoms with Gasteiger partial charge in [-0.25, -0.2) is 4.98 Å². The average molecular weight is 247 g/mol. The lowest BCUT2D eigenvalue weighted by atomic mass is 10.1. The second-order valence-corrected chi connectivity index (χ2v) is 5.56. The lowest BCUT2D eigenvalue weighted by Gasteiger charge is -2.21. The molecule has 0 spiro atoms. The van der Waals surface area contributed by atoms with Crippen molar-refractivity contribution >= 4 is 0 Å². The van der Waals surface area contributed by atoms with Crippen molar-refractivity contribution in [1.29, 1.82) is 0 Å². The Bertz CT molecular complexity index is 503. The van der Waals surface area contributed by atoms with Crippen LogP contribution in [0.15, 0.2) is 24.8 Å². The molecule has 5 nitrogen and oxygen atoms in total. The Labute approximate surface area is 108 Å². The largest absolute Gasteiger partial charge is 0.327 e. The molecule has 2 heterocycles. The zero-order valence-electron chi connectivity index (χ0n) is 11.5. The zero-order valence-corrected chi connectivity index (χ0v) is 11.5. The Morgan fingerprint density at radius 3 is 2.67 bits per heavy atom. The van der Waals surface area contributed by atoms with E-state index >= 15 is 0 Å². The lowest BCUT2D eigenvalue weighted by Crippen LogP contribution is -2.35. The number of aryl methyl sites for hydroxylation is 1. The SMILES string of the molecule is Cn1nccc1Cn1cncc1CNC(C)(C)C. The fraction of sp³-hybridized carbons (Fsp3) is 0.538. The lowest BCUT2D eigenvalue weighted by molar-refractivity contribution is 0.416. The third kappa shape index (κ3) is 3.20. The van der Waals surface area contributed by atoms with Gasteiger partial charge in [-0.3, -0.25) is 4.68 Å². The molecule has 0 aromatic carbocycles. The van der Waals surface area contributed by atoms with Gasteiger partial charge in [-0.1, -0.05) is 0 Å². The van der Waals surface area contributed by atoms with Gasteiger partial charge in [-0.2, -0.15) is 5.10 Å². The van der Waals surface area contributed by atoms with Crippen molar-refractivity contribution < 1.29 is 0 Å². The molecule has 0 saturated heterocycles. The van der Waals surface area contributed by atoms with Gasteiger partial charge in [-0.15, -0.1) is 0 Å². The van der Waals surface area contributed by atoms with E-state index in [1.165, 1.54) is 11.4 Å². The van der Waals surface area contributed by atoms with Crippen molar-refractivity contribution in [3.63, 3.8) is 0 Å². The number of imidazole rings is 1. The molecule has 0 amide bonds. The van der Waals surface area contributed by atoms with E-state index in [0.29, 0.717) is 0 Å². The first-order valence-corrected chi connectivity index (χ1v) is 6.16. The molecule has 1 N–H and O–H groups in total. The van der Waals surface area contributed by atoms with Gasteiger partial charge in [0.05, 0.1) is 24.3 Å². The van der Waals surface area contributed by atoms with Crippen molar-refractivity contribution in [1.82, 2.24) is 24.6 Å². The van der Waals surface area contributed by atoms with Crippen LogP contribution in [0, 0.1) is 0 Å². The van der Waals surface area contributed by atoms with Crippen LogP contribution in [0.3, 0.4) is 0 Å². The summed E-state index contributed by atoms with van der Waals surface area (Å²) < 4.78 is 4.04. The molecule has 98 valence electrons. The summed E-state index contributed by atoms with van der Waals surface area (Å²) in [6, 6.07) is 2.03. The zero-order chi connectivity index (χ0) is 13.2. The molecule has 0 unspecified atom stereocenters. The van der Waals surface area contributed by atoms with Crippen LogP contribution in [0.1, 0.15) is 32.2 Å². The predicted molar refractivity (Wildman–Crippen MR) is 71.1 cm³/mol. The second-order valence-electron chi connectivity index (χ2n) is 5.56. The third-order valence-electron chi connectivity index (χ3n) is 2.85. The summed E-state index contributed by atoms with van der Waals surface area (Å²) in [5.41, 5.74) is 2.47. The summed E-state index contributed by atoms with van der Waals surface area (Å²) in [6.07, 6.45) is 5.60. The molecule has 0 aliphatic rings. The van der Waals surface area contributed by atoms with Crippen LogP contribution in [-0.2, 0) is 20.1 Å². The molecule has 2 rings (SSSR count). The standard InChI is InChI=1S/C13H21N5/c1-13(2,3)15-8-12-7-14-10-18(12)9-11-5-6-16-17(11)4/h5-7,10,15H,8-9H2,1-4H3. The quantitative estimate of drug-likeness (QED) is 0.891. The summed E-state index contributed by atoms with van der Waals surface area (Å²) in [6.45, 7) is 8.11. The van der Waals surface area contributed by atoms with Crippen LogP contribution in [0.25, 0.3) is 0 Å². The van der Waals surface area contributed by atoms with E-state index in [9.17, 15) is 0 Å². The fourth-order valence-corrected chi connectivity index (χ4v) is 1.72. The third-order valence-corrected chi connectivity index (χ3v) is 2.85. The Kier molecular flexibility index (Phi) is 3.52. The maximum atomic E-state index is 4.23. The maximum Gasteiger partial charge on any atom is 0.0952 e. The van der Waals surface area contributed by atoms with Crippen molar-refractivity contribution in [2.75, 3.05) is 0 Å². The topological polar surface area (TPSA) is 47.7 Å². The van der Waals surface area contributed by atoms with Crippen LogP contribution in [0.4, 0.5) is 0 Å². The van der Waals surface area contributed by atoms with Crippen LogP contribution in [-0.4, -0.2) is 24.9 Å². The second kappa shape index (κ2) is 4.94. The van der Waals surface area contributed by atoms with Gasteiger partial charge in [0.15, 0.2) is 0 Å². The van der Waals surface area contributed by atoms with E-state index in [1.807, 2.05) is 36.5 Å². The fourth-order valence-electron chi connectivity index (χ4n) is 1.72. The van der Waals surface area contributed by atoms with Gasteiger partial charge in [0.1, 0.15) is 0 Å². The van der Waals surface area contributed by atoms with E-state index in [2.05, 4.69) is 40.7 Å². The molecule has 2 aromatic rings. The summed E-state index contributed by atoms with van der Waals surface area (Å²) in [5.74, 6) is 0. The molecule has 0 bridgehead atoms. The van der Waals surface area contributed by atoms with Crippen molar-refractivity contribution in [3.05, 3.63) is 36.2 Å². The first-order valence-electron chi connectivity index (χ1n) is 6.16. The Morgan fingerprint density at radius 1 is 1.28 bits per heavy atom. The molecule has 0 saturated carbocycles. The number of rotatable bonds is 4. The maximum absolute atomic E-state index is 4.23. The highest BCUT2D eigenvalue weighted by molar-refractivity contribution is 5.06. The summed E-state index contributed by atoms with van der Waals surface area (Å²) in [7, 11) is 1.96. The number of hydrogen-bond donors (Lipinski definition) is 1. The van der Waals surface area contributed by atoms with E-state index in [4.69, 9.17) is 0 Å². The van der Waals surface area contributed by atoms with Crippen LogP contribution in [0.2, 0.25) is 0 Å². The Morgan fingerprint density at radius 2 is 2.06 bits per heavy atom. The number of nitrogens with zero attached hydrogens (tertiary/aromatic N) is 4. The molecule has 18 heavy (non-hydrogen) atoms. The minimum absolute atomic E-state index is 0.113. The van der Waals surface area contributed by atoms with Gasteiger partial charge in [0, 0.05) is 31.5 Å². The number of hydrogen-bond acceptors (Lipinski definition) is 3. The van der Waals surface area contributed by atoms with Gasteiger partial charge in [0.25, 0.3) is 0 Å². The van der Waals surface area contributed by atoms with Crippen LogP contribution >= 0.6 is 0 Å². The molecule has 2 aromatic heterocycles. The Hall–Kier alpha value is -1.62. The smallest absolute Gasteiger partial charge is 0.0952 e. The van der Waals surface area contributed by atoms with Crippen molar-refractivity contribution in [2.24, 2.45) is 7.05 Å². The van der Waals surface area contributed by atoms with Crippen molar-refractivity contribution in [3.8, 4) is 0 Å². The number of aromatic nitrogens is 4. The monoisotopic (exact) mass is 247 g/mol. The van der Waals surface area contributed by atoms with Gasteiger partial charge >= 0.3 is 0 Å². The molecule has 0 fully saturated rings. The van der Waals surface area contributed by atoms with E-state index < -0.39 is 0 Å². The van der Waals surface area contributed by atoms with E-state index in [0.717, 1.165) is 13.1 Å².